The van der Waals surface area contributed by atoms with Crippen LogP contribution in [0.4, 0.5) is 0 Å². The van der Waals surface area contributed by atoms with Gasteiger partial charge < -0.3 is 4.74 Å². The van der Waals surface area contributed by atoms with Gasteiger partial charge in [-0.3, -0.25) is 4.79 Å². The molecule has 0 aliphatic heterocycles. The summed E-state index contributed by atoms with van der Waals surface area (Å²) in [5.74, 6) is 0.594. The Morgan fingerprint density at radius 3 is 2.64 bits per heavy atom. The van der Waals surface area contributed by atoms with Crippen LogP contribution in [0.3, 0.4) is 0 Å². The molecule has 0 aromatic heterocycles. The van der Waals surface area contributed by atoms with E-state index in [4.69, 9.17) is 4.74 Å². The van der Waals surface area contributed by atoms with Crippen molar-refractivity contribution in [3.8, 4) is 0 Å². The van der Waals surface area contributed by atoms with Gasteiger partial charge in [-0.1, -0.05) is 13.8 Å². The van der Waals surface area contributed by atoms with Gasteiger partial charge in [-0.25, -0.2) is 0 Å². The molecule has 2 heteroatoms. The van der Waals surface area contributed by atoms with Crippen molar-refractivity contribution in [3.05, 3.63) is 0 Å². The molecule has 0 spiro atoms. The summed E-state index contributed by atoms with van der Waals surface area (Å²) in [5.41, 5.74) is 0. The van der Waals surface area contributed by atoms with Crippen LogP contribution < -0.4 is 0 Å². The molecule has 0 saturated carbocycles. The number of carbonyl (C=O) groups excluding carboxylic acids is 1. The molecule has 1 atom stereocenters. The molecule has 0 saturated heterocycles. The van der Waals surface area contributed by atoms with E-state index >= 15 is 0 Å². The van der Waals surface area contributed by atoms with E-state index in [1.807, 2.05) is 13.8 Å². The highest BCUT2D eigenvalue weighted by Crippen LogP contribution is 2.06. The van der Waals surface area contributed by atoms with Crippen molar-refractivity contribution in [2.24, 2.45) is 5.92 Å². The third-order valence-corrected chi connectivity index (χ3v) is 1.93. The fraction of sp³-hybridized carbons (Fsp3) is 0.889. The molecular formula is C9H18O2. The fourth-order valence-corrected chi connectivity index (χ4v) is 0.865. The predicted molar refractivity (Wildman–Crippen MR) is 45.6 cm³/mol. The third kappa shape index (κ3) is 4.96. The number of ether oxygens (including phenoxy) is 1. The van der Waals surface area contributed by atoms with Crippen molar-refractivity contribution in [3.63, 3.8) is 0 Å². The van der Waals surface area contributed by atoms with Crippen molar-refractivity contribution >= 4 is 5.78 Å². The largest absolute Gasteiger partial charge is 0.385 e. The second-order valence-corrected chi connectivity index (χ2v) is 2.87. The van der Waals surface area contributed by atoms with Crippen LogP contribution in [0.2, 0.25) is 0 Å². The summed E-state index contributed by atoms with van der Waals surface area (Å²) < 4.78 is 4.85. The minimum atomic E-state index is 0.229. The van der Waals surface area contributed by atoms with Gasteiger partial charge in [0, 0.05) is 26.1 Å². The van der Waals surface area contributed by atoms with Crippen LogP contribution in [-0.2, 0) is 9.53 Å². The molecule has 0 fully saturated rings. The molecule has 2 nitrogen and oxygen atoms in total. The Morgan fingerprint density at radius 1 is 1.55 bits per heavy atom. The van der Waals surface area contributed by atoms with Crippen LogP contribution in [0.15, 0.2) is 0 Å². The van der Waals surface area contributed by atoms with Crippen molar-refractivity contribution in [2.45, 2.75) is 33.1 Å². The van der Waals surface area contributed by atoms with Crippen molar-refractivity contribution in [1.82, 2.24) is 0 Å². The first kappa shape index (κ1) is 10.6. The summed E-state index contributed by atoms with van der Waals surface area (Å²) in [5, 5.41) is 0. The van der Waals surface area contributed by atoms with Gasteiger partial charge in [0.05, 0.1) is 0 Å². The number of rotatable bonds is 6. The van der Waals surface area contributed by atoms with E-state index in [0.717, 1.165) is 12.8 Å². The molecule has 0 bridgehead atoms. The first-order valence-electron chi connectivity index (χ1n) is 4.24. The normalized spacial score (nSPS) is 13.0. The molecule has 0 aromatic carbocycles. The summed E-state index contributed by atoms with van der Waals surface area (Å²) in [6, 6.07) is 0. The van der Waals surface area contributed by atoms with E-state index in [0.29, 0.717) is 18.8 Å². The van der Waals surface area contributed by atoms with Gasteiger partial charge in [0.25, 0.3) is 0 Å². The highest BCUT2D eigenvalue weighted by molar-refractivity contribution is 5.80. The van der Waals surface area contributed by atoms with Gasteiger partial charge in [-0.05, 0) is 12.8 Å². The molecule has 0 N–H and O–H groups in total. The number of Topliss-reactive ketones (excluding diaryl/α,β-unsaturated/α-hetero) is 1. The number of ketones is 1. The zero-order chi connectivity index (χ0) is 8.69. The monoisotopic (exact) mass is 158 g/mol. The van der Waals surface area contributed by atoms with Gasteiger partial charge in [-0.2, -0.15) is 0 Å². The van der Waals surface area contributed by atoms with Crippen LogP contribution in [0, 0.1) is 5.92 Å². The molecule has 1 unspecified atom stereocenters. The molecule has 0 aliphatic carbocycles. The van der Waals surface area contributed by atoms with Crippen LogP contribution in [-0.4, -0.2) is 19.5 Å². The van der Waals surface area contributed by atoms with Crippen molar-refractivity contribution < 1.29 is 9.53 Å². The average molecular weight is 158 g/mol. The number of carbonyl (C=O) groups is 1. The number of hydrogen-bond acceptors (Lipinski definition) is 2. The van der Waals surface area contributed by atoms with Crippen LogP contribution >= 0.6 is 0 Å². The molecular weight excluding hydrogens is 140 g/mol. The maximum absolute atomic E-state index is 11.2. The molecule has 0 aromatic rings. The van der Waals surface area contributed by atoms with Gasteiger partial charge in [-0.15, -0.1) is 0 Å². The Morgan fingerprint density at radius 2 is 2.18 bits per heavy atom. The van der Waals surface area contributed by atoms with E-state index in [1.165, 1.54) is 0 Å². The minimum absolute atomic E-state index is 0.229. The zero-order valence-electron chi connectivity index (χ0n) is 7.72. The lowest BCUT2D eigenvalue weighted by Gasteiger charge is -2.05. The van der Waals surface area contributed by atoms with E-state index < -0.39 is 0 Å². The molecule has 0 amide bonds. The summed E-state index contributed by atoms with van der Waals surface area (Å²) in [4.78, 5) is 11.2. The quantitative estimate of drug-likeness (QED) is 0.553. The first-order chi connectivity index (χ1) is 5.22. The van der Waals surface area contributed by atoms with Crippen LogP contribution in [0.5, 0.6) is 0 Å². The summed E-state index contributed by atoms with van der Waals surface area (Å²) in [6.45, 7) is 4.72. The van der Waals surface area contributed by atoms with Gasteiger partial charge in [0.2, 0.25) is 0 Å². The zero-order valence-corrected chi connectivity index (χ0v) is 7.72. The van der Waals surface area contributed by atoms with E-state index in [9.17, 15) is 4.79 Å². The van der Waals surface area contributed by atoms with E-state index in [1.54, 1.807) is 7.11 Å². The van der Waals surface area contributed by atoms with E-state index in [2.05, 4.69) is 0 Å². The lowest BCUT2D eigenvalue weighted by molar-refractivity contribution is -0.122. The average Bonchev–Trinajstić information content (AvgIpc) is 2.03. The predicted octanol–water partition coefficient (Wildman–Crippen LogP) is 2.03. The first-order valence-corrected chi connectivity index (χ1v) is 4.24. The number of methoxy groups -OCH3 is 1. The maximum Gasteiger partial charge on any atom is 0.135 e. The van der Waals surface area contributed by atoms with Crippen LogP contribution in [0.25, 0.3) is 0 Å². The number of hydrogen-bond donors (Lipinski definition) is 0. The third-order valence-electron chi connectivity index (χ3n) is 1.93. The molecule has 0 radical (unpaired) electrons. The molecule has 0 aliphatic rings. The minimum Gasteiger partial charge on any atom is -0.385 e. The second-order valence-electron chi connectivity index (χ2n) is 2.87. The van der Waals surface area contributed by atoms with Gasteiger partial charge >= 0.3 is 0 Å². The Hall–Kier alpha value is -0.370. The fourth-order valence-electron chi connectivity index (χ4n) is 0.865. The maximum atomic E-state index is 11.2. The summed E-state index contributed by atoms with van der Waals surface area (Å²) in [7, 11) is 1.66. The Labute approximate surface area is 68.9 Å². The van der Waals surface area contributed by atoms with Gasteiger partial charge in [0.15, 0.2) is 0 Å². The molecule has 0 heterocycles. The van der Waals surface area contributed by atoms with Crippen molar-refractivity contribution in [2.75, 3.05) is 13.7 Å². The van der Waals surface area contributed by atoms with Gasteiger partial charge in [0.1, 0.15) is 5.78 Å². The van der Waals surface area contributed by atoms with Crippen LogP contribution in [0.1, 0.15) is 33.1 Å². The SMILES string of the molecule is CCC(C)C(=O)CCCOC. The molecule has 0 rings (SSSR count). The molecule has 11 heavy (non-hydrogen) atoms. The topological polar surface area (TPSA) is 26.3 Å². The standard InChI is InChI=1S/C9H18O2/c1-4-8(2)9(10)6-5-7-11-3/h8H,4-7H2,1-3H3. The molecule has 66 valence electrons. The van der Waals surface area contributed by atoms with Crippen molar-refractivity contribution in [1.29, 1.82) is 0 Å². The Balaban J connectivity index is 3.36. The lowest BCUT2D eigenvalue weighted by atomic mass is 10.0. The smallest absolute Gasteiger partial charge is 0.135 e. The lowest BCUT2D eigenvalue weighted by Crippen LogP contribution is -2.10. The Kier molecular flexibility index (Phi) is 6.13. The van der Waals surface area contributed by atoms with E-state index in [-0.39, 0.29) is 5.92 Å². The second kappa shape index (κ2) is 6.35. The summed E-state index contributed by atoms with van der Waals surface area (Å²) >= 11 is 0. The Bertz CT molecular complexity index is 110. The highest BCUT2D eigenvalue weighted by Gasteiger charge is 2.08. The summed E-state index contributed by atoms with van der Waals surface area (Å²) in [6.07, 6.45) is 2.48. The highest BCUT2D eigenvalue weighted by atomic mass is 16.5.